The van der Waals surface area contributed by atoms with E-state index in [1.807, 2.05) is 24.1 Å². The summed E-state index contributed by atoms with van der Waals surface area (Å²) in [5, 5.41) is 0.656. The minimum absolute atomic E-state index is 0.0836. The molecule has 0 fully saturated rings. The van der Waals surface area contributed by atoms with E-state index in [2.05, 4.69) is 0 Å². The minimum Gasteiger partial charge on any atom is -0.492 e. The zero-order valence-electron chi connectivity index (χ0n) is 11.0. The molecule has 0 atom stereocenters. The monoisotopic (exact) mass is 270 g/mol. The van der Waals surface area contributed by atoms with Gasteiger partial charge in [-0.1, -0.05) is 17.7 Å². The van der Waals surface area contributed by atoms with Crippen molar-refractivity contribution in [1.82, 2.24) is 9.80 Å². The molecule has 0 aliphatic rings. The van der Waals surface area contributed by atoms with E-state index >= 15 is 0 Å². The third-order valence-electron chi connectivity index (χ3n) is 2.44. The predicted molar refractivity (Wildman–Crippen MR) is 73.1 cm³/mol. The van der Waals surface area contributed by atoms with Crippen LogP contribution < -0.4 is 4.74 Å². The largest absolute Gasteiger partial charge is 0.492 e. The molecule has 4 nitrogen and oxygen atoms in total. The zero-order chi connectivity index (χ0) is 13.5. The number of ether oxygens (including phenoxy) is 1. The Morgan fingerprint density at radius 3 is 2.67 bits per heavy atom. The number of carbonyl (C=O) groups excluding carboxylic acids is 1. The lowest BCUT2D eigenvalue weighted by Crippen LogP contribution is -2.36. The quantitative estimate of drug-likeness (QED) is 0.789. The fraction of sp³-hybridized carbons (Fsp3) is 0.462. The van der Waals surface area contributed by atoms with Gasteiger partial charge >= 0.3 is 0 Å². The number of halogens is 1. The summed E-state index contributed by atoms with van der Waals surface area (Å²) in [5.41, 5.74) is 0. The van der Waals surface area contributed by atoms with Gasteiger partial charge in [0, 0.05) is 25.7 Å². The molecule has 0 aliphatic heterocycles. The maximum absolute atomic E-state index is 11.5. The first-order valence-corrected chi connectivity index (χ1v) is 6.14. The van der Waals surface area contributed by atoms with Crippen LogP contribution >= 0.6 is 11.6 Å². The Balaban J connectivity index is 2.27. The van der Waals surface area contributed by atoms with Gasteiger partial charge in [0.1, 0.15) is 12.4 Å². The Kier molecular flexibility index (Phi) is 5.95. The van der Waals surface area contributed by atoms with E-state index in [9.17, 15) is 4.79 Å². The smallest absolute Gasteiger partial charge is 0.236 e. The Morgan fingerprint density at radius 1 is 1.33 bits per heavy atom. The fourth-order valence-corrected chi connectivity index (χ4v) is 1.51. The van der Waals surface area contributed by atoms with Crippen molar-refractivity contribution in [2.75, 3.05) is 40.8 Å². The van der Waals surface area contributed by atoms with E-state index in [1.165, 1.54) is 0 Å². The first-order valence-electron chi connectivity index (χ1n) is 5.76. The van der Waals surface area contributed by atoms with Gasteiger partial charge in [-0.3, -0.25) is 9.69 Å². The van der Waals surface area contributed by atoms with Gasteiger partial charge in [0.25, 0.3) is 0 Å². The number of nitrogens with zero attached hydrogens (tertiary/aromatic N) is 2. The van der Waals surface area contributed by atoms with Crippen molar-refractivity contribution >= 4 is 17.5 Å². The highest BCUT2D eigenvalue weighted by Crippen LogP contribution is 2.16. The molecule has 1 aromatic carbocycles. The molecule has 5 heteroatoms. The molecule has 0 radical (unpaired) electrons. The summed E-state index contributed by atoms with van der Waals surface area (Å²) in [6.45, 7) is 1.61. The Bertz CT molecular complexity index is 396. The van der Waals surface area contributed by atoms with E-state index in [-0.39, 0.29) is 5.91 Å². The van der Waals surface area contributed by atoms with Crippen LogP contribution in [0.15, 0.2) is 24.3 Å². The standard InChI is InChI=1S/C13H19ClN2O2/c1-15(2)13(17)10-16(3)7-8-18-12-6-4-5-11(14)9-12/h4-6,9H,7-8,10H2,1-3H3. The summed E-state index contributed by atoms with van der Waals surface area (Å²) in [6.07, 6.45) is 0. The maximum Gasteiger partial charge on any atom is 0.236 e. The third-order valence-corrected chi connectivity index (χ3v) is 2.68. The van der Waals surface area contributed by atoms with Crippen molar-refractivity contribution in [2.24, 2.45) is 0 Å². The van der Waals surface area contributed by atoms with Crippen LogP contribution in [0.2, 0.25) is 5.02 Å². The van der Waals surface area contributed by atoms with Crippen LogP contribution in [0.5, 0.6) is 5.75 Å². The van der Waals surface area contributed by atoms with E-state index in [1.54, 1.807) is 31.1 Å². The second-order valence-corrected chi connectivity index (χ2v) is 4.77. The van der Waals surface area contributed by atoms with Crippen molar-refractivity contribution in [2.45, 2.75) is 0 Å². The molecule has 18 heavy (non-hydrogen) atoms. The Hall–Kier alpha value is -1.26. The second-order valence-electron chi connectivity index (χ2n) is 4.33. The number of rotatable bonds is 6. The summed E-state index contributed by atoms with van der Waals surface area (Å²) < 4.78 is 5.55. The topological polar surface area (TPSA) is 32.8 Å². The summed E-state index contributed by atoms with van der Waals surface area (Å²) in [7, 11) is 5.39. The van der Waals surface area contributed by atoms with E-state index in [0.717, 1.165) is 5.75 Å². The first kappa shape index (κ1) is 14.8. The van der Waals surface area contributed by atoms with Crippen molar-refractivity contribution < 1.29 is 9.53 Å². The fourth-order valence-electron chi connectivity index (χ4n) is 1.33. The van der Waals surface area contributed by atoms with E-state index in [4.69, 9.17) is 16.3 Å². The average Bonchev–Trinajstić information content (AvgIpc) is 2.28. The molecule has 1 amide bonds. The van der Waals surface area contributed by atoms with Crippen molar-refractivity contribution in [3.05, 3.63) is 29.3 Å². The summed E-state index contributed by atoms with van der Waals surface area (Å²) in [4.78, 5) is 15.0. The van der Waals surface area contributed by atoms with Gasteiger partial charge in [0.15, 0.2) is 0 Å². The maximum atomic E-state index is 11.5. The summed E-state index contributed by atoms with van der Waals surface area (Å²) in [6, 6.07) is 7.27. The summed E-state index contributed by atoms with van der Waals surface area (Å²) >= 11 is 5.85. The number of hydrogen-bond donors (Lipinski definition) is 0. The van der Waals surface area contributed by atoms with Crippen LogP contribution in [-0.2, 0) is 4.79 Å². The van der Waals surface area contributed by atoms with Gasteiger partial charge in [-0.2, -0.15) is 0 Å². The average molecular weight is 271 g/mol. The molecular formula is C13H19ClN2O2. The molecule has 0 aliphatic carbocycles. The number of hydrogen-bond acceptors (Lipinski definition) is 3. The van der Waals surface area contributed by atoms with Gasteiger partial charge in [-0.25, -0.2) is 0 Å². The molecular weight excluding hydrogens is 252 g/mol. The lowest BCUT2D eigenvalue weighted by Gasteiger charge is -2.19. The lowest BCUT2D eigenvalue weighted by atomic mass is 10.3. The highest BCUT2D eigenvalue weighted by atomic mass is 35.5. The van der Waals surface area contributed by atoms with Crippen molar-refractivity contribution in [3.63, 3.8) is 0 Å². The highest BCUT2D eigenvalue weighted by Gasteiger charge is 2.08. The van der Waals surface area contributed by atoms with E-state index < -0.39 is 0 Å². The molecule has 0 spiro atoms. The van der Waals surface area contributed by atoms with Gasteiger partial charge in [-0.15, -0.1) is 0 Å². The predicted octanol–water partition coefficient (Wildman–Crippen LogP) is 1.74. The van der Waals surface area contributed by atoms with Crippen molar-refractivity contribution in [3.8, 4) is 5.75 Å². The zero-order valence-corrected chi connectivity index (χ0v) is 11.8. The molecule has 1 aromatic rings. The summed E-state index contributed by atoms with van der Waals surface area (Å²) in [5.74, 6) is 0.829. The molecule has 100 valence electrons. The molecule has 0 bridgehead atoms. The van der Waals surface area contributed by atoms with Crippen LogP contribution in [-0.4, -0.2) is 56.5 Å². The highest BCUT2D eigenvalue weighted by molar-refractivity contribution is 6.30. The molecule has 0 N–H and O–H groups in total. The Morgan fingerprint density at radius 2 is 2.06 bits per heavy atom. The number of amides is 1. The third kappa shape index (κ3) is 5.38. The number of carbonyl (C=O) groups is 1. The van der Waals surface area contributed by atoms with Crippen LogP contribution in [0.3, 0.4) is 0 Å². The molecule has 0 unspecified atom stereocenters. The Labute approximate surface area is 113 Å². The second kappa shape index (κ2) is 7.24. The van der Waals surface area contributed by atoms with Crippen molar-refractivity contribution in [1.29, 1.82) is 0 Å². The molecule has 1 rings (SSSR count). The van der Waals surface area contributed by atoms with Gasteiger partial charge in [-0.05, 0) is 25.2 Å². The van der Waals surface area contributed by atoms with Crippen LogP contribution in [0.25, 0.3) is 0 Å². The SMILES string of the molecule is CN(CCOc1cccc(Cl)c1)CC(=O)N(C)C. The molecule has 0 aromatic heterocycles. The first-order chi connectivity index (χ1) is 8.49. The molecule has 0 heterocycles. The minimum atomic E-state index is 0.0836. The number of likely N-dealkylation sites (N-methyl/N-ethyl adjacent to an activating group) is 2. The van der Waals surface area contributed by atoms with Gasteiger partial charge in [0.05, 0.1) is 6.54 Å². The van der Waals surface area contributed by atoms with E-state index in [0.29, 0.717) is 24.7 Å². The molecule has 0 saturated heterocycles. The molecule has 0 saturated carbocycles. The van der Waals surface area contributed by atoms with Crippen LogP contribution in [0.4, 0.5) is 0 Å². The van der Waals surface area contributed by atoms with Gasteiger partial charge in [0.2, 0.25) is 5.91 Å². The van der Waals surface area contributed by atoms with Crippen LogP contribution in [0, 0.1) is 0 Å². The van der Waals surface area contributed by atoms with Crippen LogP contribution in [0.1, 0.15) is 0 Å². The van der Waals surface area contributed by atoms with Gasteiger partial charge < -0.3 is 9.64 Å². The lowest BCUT2D eigenvalue weighted by molar-refractivity contribution is -0.129. The number of benzene rings is 1. The normalized spacial score (nSPS) is 10.5.